The number of ether oxygens (including phenoxy) is 1. The fourth-order valence-corrected chi connectivity index (χ4v) is 1.39. The molecule has 0 saturated heterocycles. The highest BCUT2D eigenvalue weighted by Crippen LogP contribution is 2.23. The van der Waals surface area contributed by atoms with Crippen LogP contribution >= 0.6 is 0 Å². The lowest BCUT2D eigenvalue weighted by Gasteiger charge is -2.25. The Morgan fingerprint density at radius 2 is 1.61 bits per heavy atom. The van der Waals surface area contributed by atoms with Crippen LogP contribution in [0, 0.1) is 23.5 Å². The lowest BCUT2D eigenvalue weighted by Crippen LogP contribution is -2.34. The van der Waals surface area contributed by atoms with E-state index >= 15 is 0 Å². The van der Waals surface area contributed by atoms with Gasteiger partial charge in [0.05, 0.1) is 5.60 Å². The van der Waals surface area contributed by atoms with Gasteiger partial charge in [0.2, 0.25) is 11.6 Å². The molecule has 0 spiro atoms. The van der Waals surface area contributed by atoms with Crippen molar-refractivity contribution in [3.8, 4) is 0 Å². The molecule has 1 aromatic rings. The number of rotatable bonds is 5. The number of nitrogens with one attached hydrogen (secondary N) is 1. The first-order valence-electron chi connectivity index (χ1n) is 5.36. The summed E-state index contributed by atoms with van der Waals surface area (Å²) in [6.45, 7) is 5.49. The topological polar surface area (TPSA) is 34.1 Å². The van der Waals surface area contributed by atoms with Gasteiger partial charge >= 0.3 is 0 Å². The third-order valence-corrected chi connectivity index (χ3v) is 2.22. The summed E-state index contributed by atoms with van der Waals surface area (Å²) < 4.78 is 57.4. The van der Waals surface area contributed by atoms with Crippen molar-refractivity contribution < 1.29 is 22.3 Å². The molecule has 0 aromatic carbocycles. The maximum Gasteiger partial charge on any atom is 0.253 e. The number of hydrogen-bond acceptors (Lipinski definition) is 3. The van der Waals surface area contributed by atoms with Gasteiger partial charge in [-0.15, -0.1) is 0 Å². The molecule has 0 unspecified atom stereocenters. The second-order valence-corrected chi connectivity index (χ2v) is 4.24. The van der Waals surface area contributed by atoms with Gasteiger partial charge in [-0.3, -0.25) is 0 Å². The van der Waals surface area contributed by atoms with Crippen molar-refractivity contribution in [3.05, 3.63) is 23.5 Å². The Bertz CT molecular complexity index is 411. The zero-order valence-corrected chi connectivity index (χ0v) is 10.3. The van der Waals surface area contributed by atoms with Crippen LogP contribution in [-0.4, -0.2) is 23.7 Å². The van der Waals surface area contributed by atoms with Gasteiger partial charge in [0, 0.05) is 13.2 Å². The van der Waals surface area contributed by atoms with Crippen molar-refractivity contribution in [2.75, 3.05) is 18.5 Å². The van der Waals surface area contributed by atoms with Crippen LogP contribution in [0.1, 0.15) is 20.8 Å². The van der Waals surface area contributed by atoms with E-state index in [1.807, 2.05) is 0 Å². The lowest BCUT2D eigenvalue weighted by atomic mass is 10.1. The van der Waals surface area contributed by atoms with E-state index in [0.717, 1.165) is 0 Å². The quantitative estimate of drug-likeness (QED) is 0.657. The molecular formula is C11H14F4N2O. The molecule has 1 heterocycles. The number of anilines is 1. The summed E-state index contributed by atoms with van der Waals surface area (Å²) in [6.07, 6.45) is 0. The van der Waals surface area contributed by atoms with Crippen molar-refractivity contribution in [1.82, 2.24) is 4.98 Å². The zero-order chi connectivity index (χ0) is 13.9. The van der Waals surface area contributed by atoms with E-state index in [1.54, 1.807) is 20.8 Å². The van der Waals surface area contributed by atoms with Gasteiger partial charge in [-0.2, -0.15) is 22.5 Å². The van der Waals surface area contributed by atoms with E-state index < -0.39 is 34.8 Å². The smallest absolute Gasteiger partial charge is 0.253 e. The van der Waals surface area contributed by atoms with Crippen LogP contribution in [0.15, 0.2) is 0 Å². The molecule has 1 aromatic heterocycles. The minimum Gasteiger partial charge on any atom is -0.377 e. The minimum absolute atomic E-state index is 0.0163. The summed E-state index contributed by atoms with van der Waals surface area (Å²) >= 11 is 0. The SMILES string of the molecule is CCOC(C)(C)CNc1c(F)c(F)nc(F)c1F. The number of hydrogen-bond donors (Lipinski definition) is 1. The molecule has 0 aliphatic carbocycles. The standard InChI is InChI=1S/C11H14F4N2O/c1-4-18-11(2,3)5-16-8-6(12)9(14)17-10(15)7(8)13/h4-5H2,1-3H3,(H,16,17). The van der Waals surface area contributed by atoms with Crippen molar-refractivity contribution in [2.45, 2.75) is 26.4 Å². The molecule has 3 nitrogen and oxygen atoms in total. The number of pyridine rings is 1. The molecule has 0 amide bonds. The Kier molecular flexibility index (Phi) is 4.50. The van der Waals surface area contributed by atoms with Crippen LogP contribution < -0.4 is 5.32 Å². The molecule has 102 valence electrons. The average molecular weight is 266 g/mol. The van der Waals surface area contributed by atoms with E-state index in [9.17, 15) is 17.6 Å². The first-order chi connectivity index (χ1) is 8.28. The van der Waals surface area contributed by atoms with Gasteiger partial charge in [-0.1, -0.05) is 0 Å². The van der Waals surface area contributed by atoms with Gasteiger partial charge in [0.25, 0.3) is 11.9 Å². The minimum atomic E-state index is -1.69. The highest BCUT2D eigenvalue weighted by molar-refractivity contribution is 5.45. The van der Waals surface area contributed by atoms with Crippen LogP contribution in [-0.2, 0) is 4.74 Å². The van der Waals surface area contributed by atoms with E-state index in [4.69, 9.17) is 4.74 Å². The van der Waals surface area contributed by atoms with Crippen molar-refractivity contribution >= 4 is 5.69 Å². The van der Waals surface area contributed by atoms with E-state index in [0.29, 0.717) is 6.61 Å². The molecule has 1 rings (SSSR count). The Balaban J connectivity index is 2.91. The van der Waals surface area contributed by atoms with Crippen molar-refractivity contribution in [1.29, 1.82) is 0 Å². The van der Waals surface area contributed by atoms with Gasteiger partial charge in [-0.25, -0.2) is 0 Å². The summed E-state index contributed by atoms with van der Waals surface area (Å²) in [6, 6.07) is 0. The van der Waals surface area contributed by atoms with Crippen LogP contribution in [0.2, 0.25) is 0 Å². The Morgan fingerprint density at radius 3 is 2.06 bits per heavy atom. The number of nitrogens with zero attached hydrogens (tertiary/aromatic N) is 1. The van der Waals surface area contributed by atoms with E-state index in [2.05, 4.69) is 10.3 Å². The highest BCUT2D eigenvalue weighted by Gasteiger charge is 2.23. The number of aromatic nitrogens is 1. The average Bonchev–Trinajstić information content (AvgIpc) is 2.26. The van der Waals surface area contributed by atoms with E-state index in [-0.39, 0.29) is 6.54 Å². The molecule has 7 heteroatoms. The summed E-state index contributed by atoms with van der Waals surface area (Å²) in [5.74, 6) is -6.49. The summed E-state index contributed by atoms with van der Waals surface area (Å²) in [5.41, 5.74) is -1.61. The van der Waals surface area contributed by atoms with Gasteiger partial charge < -0.3 is 10.1 Å². The number of halogens is 4. The van der Waals surface area contributed by atoms with Gasteiger partial charge in [0.15, 0.2) is 0 Å². The first-order valence-corrected chi connectivity index (χ1v) is 5.36. The van der Waals surface area contributed by atoms with Crippen LogP contribution in [0.25, 0.3) is 0 Å². The molecule has 0 bridgehead atoms. The Morgan fingerprint density at radius 1 is 1.11 bits per heavy atom. The van der Waals surface area contributed by atoms with Gasteiger partial charge in [-0.05, 0) is 20.8 Å². The monoisotopic (exact) mass is 266 g/mol. The fourth-order valence-electron chi connectivity index (χ4n) is 1.39. The maximum absolute atomic E-state index is 13.3. The molecule has 0 radical (unpaired) electrons. The van der Waals surface area contributed by atoms with Crippen molar-refractivity contribution in [3.63, 3.8) is 0 Å². The van der Waals surface area contributed by atoms with Gasteiger partial charge in [0.1, 0.15) is 5.69 Å². The Hall–Kier alpha value is -1.37. The second-order valence-electron chi connectivity index (χ2n) is 4.24. The first kappa shape index (κ1) is 14.7. The predicted molar refractivity (Wildman–Crippen MR) is 58.3 cm³/mol. The maximum atomic E-state index is 13.3. The lowest BCUT2D eigenvalue weighted by molar-refractivity contribution is 0.000593. The third-order valence-electron chi connectivity index (χ3n) is 2.22. The highest BCUT2D eigenvalue weighted by atomic mass is 19.2. The van der Waals surface area contributed by atoms with Crippen molar-refractivity contribution in [2.24, 2.45) is 0 Å². The fraction of sp³-hybridized carbons (Fsp3) is 0.545. The molecular weight excluding hydrogens is 252 g/mol. The normalized spacial score (nSPS) is 11.7. The van der Waals surface area contributed by atoms with E-state index in [1.165, 1.54) is 0 Å². The third kappa shape index (κ3) is 3.32. The molecule has 1 N–H and O–H groups in total. The molecule has 18 heavy (non-hydrogen) atoms. The second kappa shape index (κ2) is 5.51. The molecule has 0 aliphatic heterocycles. The molecule has 0 saturated carbocycles. The Labute approximate surface area is 102 Å². The van der Waals surface area contributed by atoms with Crippen LogP contribution in [0.5, 0.6) is 0 Å². The summed E-state index contributed by atoms with van der Waals surface area (Å²) in [5, 5.41) is 2.29. The molecule has 0 atom stereocenters. The molecule has 0 aliphatic rings. The predicted octanol–water partition coefficient (Wildman–Crippen LogP) is 2.87. The van der Waals surface area contributed by atoms with Crippen LogP contribution in [0.3, 0.4) is 0 Å². The van der Waals surface area contributed by atoms with Crippen LogP contribution in [0.4, 0.5) is 23.2 Å². The molecule has 0 fully saturated rings. The zero-order valence-electron chi connectivity index (χ0n) is 10.3. The largest absolute Gasteiger partial charge is 0.377 e. The summed E-state index contributed by atoms with van der Waals surface area (Å²) in [7, 11) is 0. The summed E-state index contributed by atoms with van der Waals surface area (Å²) in [4.78, 5) is 2.46.